The molecule has 9 aromatic rings. The van der Waals surface area contributed by atoms with E-state index in [9.17, 15) is 9.90 Å². The van der Waals surface area contributed by atoms with Gasteiger partial charge in [0.25, 0.3) is 0 Å². The highest BCUT2D eigenvalue weighted by atomic mass is 16.8. The summed E-state index contributed by atoms with van der Waals surface area (Å²) in [5.74, 6) is -3.76. The van der Waals surface area contributed by atoms with E-state index in [2.05, 4.69) is 0 Å². The molecule has 0 radical (unpaired) electrons. The van der Waals surface area contributed by atoms with Crippen LogP contribution >= 0.6 is 0 Å². The summed E-state index contributed by atoms with van der Waals surface area (Å²) in [6.07, 6.45) is -27.5. The summed E-state index contributed by atoms with van der Waals surface area (Å²) >= 11 is 0. The van der Waals surface area contributed by atoms with Crippen LogP contribution in [0.3, 0.4) is 0 Å². The molecule has 0 saturated carbocycles. The third-order valence-electron chi connectivity index (χ3n) is 20.4. The standard InChI is InChI=1S/C92H98O23/c1-5-100-88-81(101-54-64-39-21-9-22-40-64)77(73(93)70(105-88)57-97-51-61-33-15-6-16-34-61)112-89-82(102-55-65-41-23-10-24-42-65)79(113-91-84(110-87(96)69-49-31-14-32-50-69)78(109-86(95)68-47-29-13-30-48-68)74(60(2)104-91)108-85(94)67-45-27-12-28-46-67)75(71(106-89)58-98-52-62-35-17-7-18-36-62)111-90-83(103-56-66-43-25-11-26-44-66)80-76(114-92(3,4)115-80)72(107-90)59-99-53-63-37-19-8-20-38-63/h6-50,60,70-84,88-91,93H,5,51-59H2,1-4H3/t60-,70+,71+,72+,73+,74+,75+,76-,77-,78+,79-,80-,81+,82+,83+,84-,88+,89-,90-,91-/m0/s1. The molecule has 5 fully saturated rings. The molecule has 0 aromatic heterocycles. The van der Waals surface area contributed by atoms with E-state index >= 15 is 9.59 Å². The highest BCUT2D eigenvalue weighted by Crippen LogP contribution is 2.44. The van der Waals surface area contributed by atoms with E-state index in [-0.39, 0.29) is 82.8 Å². The van der Waals surface area contributed by atoms with Gasteiger partial charge < -0.3 is 95.1 Å². The minimum absolute atomic E-state index is 0.0101. The van der Waals surface area contributed by atoms with Crippen LogP contribution in [0, 0.1) is 0 Å². The second kappa shape index (κ2) is 40.5. The Bertz CT molecular complexity index is 4400. The van der Waals surface area contributed by atoms with Crippen molar-refractivity contribution in [1.29, 1.82) is 0 Å². The van der Waals surface area contributed by atoms with Crippen LogP contribution in [0.2, 0.25) is 0 Å². The minimum atomic E-state index is -1.84. The van der Waals surface area contributed by atoms with Gasteiger partial charge in [0.05, 0.1) is 82.3 Å². The number of hydrogen-bond donors (Lipinski definition) is 1. The molecule has 5 saturated heterocycles. The molecule has 0 unspecified atom stereocenters. The van der Waals surface area contributed by atoms with Crippen LogP contribution < -0.4 is 0 Å². The molecule has 1 N–H and O–H groups in total. The van der Waals surface area contributed by atoms with Crippen LogP contribution in [-0.4, -0.2) is 178 Å². The molecule has 5 aliphatic rings. The Labute approximate surface area is 669 Å². The lowest BCUT2D eigenvalue weighted by Crippen LogP contribution is -2.69. The molecule has 5 aliphatic heterocycles. The normalized spacial score (nSPS) is 28.4. The van der Waals surface area contributed by atoms with Gasteiger partial charge in [-0.25, -0.2) is 14.4 Å². The summed E-state index contributed by atoms with van der Waals surface area (Å²) in [5.41, 5.74) is 5.29. The topological polar surface area (TPSA) is 247 Å². The lowest BCUT2D eigenvalue weighted by molar-refractivity contribution is -0.404. The van der Waals surface area contributed by atoms with E-state index in [0.29, 0.717) is 5.56 Å². The molecular weight excluding hydrogens is 1470 g/mol. The lowest BCUT2D eigenvalue weighted by atomic mass is 9.94. The van der Waals surface area contributed by atoms with Crippen molar-refractivity contribution >= 4 is 17.9 Å². The maximum atomic E-state index is 15.2. The second-order valence-corrected chi connectivity index (χ2v) is 29.1. The van der Waals surface area contributed by atoms with Crippen LogP contribution in [0.1, 0.15) is 92.1 Å². The number of aliphatic hydroxyl groups excluding tert-OH is 1. The third kappa shape index (κ3) is 21.9. The summed E-state index contributed by atoms with van der Waals surface area (Å²) in [6, 6.07) is 82.0. The number of ether oxygens (including phenoxy) is 19. The molecule has 23 heteroatoms. The molecule has 14 rings (SSSR count). The van der Waals surface area contributed by atoms with E-state index in [1.54, 1.807) is 97.9 Å². The molecule has 115 heavy (non-hydrogen) atoms. The monoisotopic (exact) mass is 1570 g/mol. The summed E-state index contributed by atoms with van der Waals surface area (Å²) in [5, 5.41) is 13.3. The first-order valence-electron chi connectivity index (χ1n) is 39.1. The van der Waals surface area contributed by atoms with E-state index < -0.39 is 147 Å². The van der Waals surface area contributed by atoms with E-state index in [4.69, 9.17) is 90.0 Å². The first-order valence-corrected chi connectivity index (χ1v) is 39.1. The zero-order valence-electron chi connectivity index (χ0n) is 64.5. The van der Waals surface area contributed by atoms with Crippen molar-refractivity contribution in [2.75, 3.05) is 26.4 Å². The Balaban J connectivity index is 0.935. The number of aliphatic hydroxyl groups is 1. The van der Waals surface area contributed by atoms with Gasteiger partial charge in [-0.2, -0.15) is 0 Å². The minimum Gasteiger partial charge on any atom is -0.452 e. The molecule has 20 atom stereocenters. The highest BCUT2D eigenvalue weighted by molar-refractivity contribution is 5.91. The van der Waals surface area contributed by atoms with Crippen LogP contribution in [0.25, 0.3) is 0 Å². The van der Waals surface area contributed by atoms with Crippen LogP contribution in [-0.2, 0) is 130 Å². The van der Waals surface area contributed by atoms with Gasteiger partial charge in [-0.05, 0) is 97.5 Å². The van der Waals surface area contributed by atoms with Crippen molar-refractivity contribution in [3.63, 3.8) is 0 Å². The van der Waals surface area contributed by atoms with Crippen molar-refractivity contribution < 1.29 is 109 Å². The van der Waals surface area contributed by atoms with Gasteiger partial charge >= 0.3 is 17.9 Å². The van der Waals surface area contributed by atoms with Gasteiger partial charge in [0.15, 0.2) is 49.3 Å². The number of rotatable bonds is 35. The van der Waals surface area contributed by atoms with Gasteiger partial charge in [-0.3, -0.25) is 0 Å². The molecule has 5 heterocycles. The fraction of sp³-hybridized carbons (Fsp3) is 0.380. The molecule has 0 aliphatic carbocycles. The maximum absolute atomic E-state index is 15.2. The highest BCUT2D eigenvalue weighted by Gasteiger charge is 2.62. The lowest BCUT2D eigenvalue weighted by Gasteiger charge is -2.52. The van der Waals surface area contributed by atoms with Crippen LogP contribution in [0.4, 0.5) is 0 Å². The SMILES string of the molecule is CCO[C@@H]1O[C@H](COCc2ccccc2)[C@@H](O)[C@H](O[C@@H]2O[C@H](COCc3ccccc3)[C@@H](O[C@@H]3O[C@H](COCc4ccccc4)[C@@H]4OC(C)(C)O[C@@H]4[C@H]3OCc3ccccc3)[C@H](O[C@@H]3O[C@@H](C)[C@@H](OC(=O)c4ccccc4)[C@@H](OC(=O)c4ccccc4)[C@@H]3OC(=O)c3ccccc3)[C@H]2OCc2ccccc2)[C@H]1OCc1ccccc1. The van der Waals surface area contributed by atoms with Gasteiger partial charge in [0, 0.05) is 6.61 Å². The molecule has 0 spiro atoms. The van der Waals surface area contributed by atoms with E-state index in [0.717, 1.165) is 27.8 Å². The van der Waals surface area contributed by atoms with Crippen molar-refractivity contribution in [3.05, 3.63) is 323 Å². The van der Waals surface area contributed by atoms with Crippen LogP contribution in [0.15, 0.2) is 273 Å². The quantitative estimate of drug-likeness (QED) is 0.0286. The third-order valence-corrected chi connectivity index (χ3v) is 20.4. The zero-order chi connectivity index (χ0) is 79.3. The molecule has 0 bridgehead atoms. The summed E-state index contributed by atoms with van der Waals surface area (Å²) in [6.45, 7) is 7.11. The number of carbonyl (C=O) groups excluding carboxylic acids is 3. The van der Waals surface area contributed by atoms with Crippen molar-refractivity contribution in [3.8, 4) is 0 Å². The van der Waals surface area contributed by atoms with Crippen molar-refractivity contribution in [2.45, 2.75) is 196 Å². The average molecular weight is 1570 g/mol. The van der Waals surface area contributed by atoms with Crippen molar-refractivity contribution in [1.82, 2.24) is 0 Å². The number of carbonyl (C=O) groups is 3. The second-order valence-electron chi connectivity index (χ2n) is 29.1. The first kappa shape index (κ1) is 82.2. The smallest absolute Gasteiger partial charge is 0.338 e. The van der Waals surface area contributed by atoms with Gasteiger partial charge in [0.1, 0.15) is 73.2 Å². The van der Waals surface area contributed by atoms with Crippen molar-refractivity contribution in [2.24, 2.45) is 0 Å². The van der Waals surface area contributed by atoms with Crippen LogP contribution in [0.5, 0.6) is 0 Å². The van der Waals surface area contributed by atoms with E-state index in [1.165, 1.54) is 0 Å². The predicted molar refractivity (Wildman–Crippen MR) is 417 cm³/mol. The molecular formula is C92H98O23. The molecule has 0 amide bonds. The Morgan fingerprint density at radius 3 is 1.09 bits per heavy atom. The van der Waals surface area contributed by atoms with Gasteiger partial charge in [0.2, 0.25) is 0 Å². The predicted octanol–water partition coefficient (Wildman–Crippen LogP) is 13.1. The summed E-state index contributed by atoms with van der Waals surface area (Å²) in [4.78, 5) is 44.9. The Morgan fingerprint density at radius 2 is 0.643 bits per heavy atom. The number of hydrogen-bond acceptors (Lipinski definition) is 23. The Morgan fingerprint density at radius 1 is 0.322 bits per heavy atom. The largest absolute Gasteiger partial charge is 0.452 e. The zero-order valence-corrected chi connectivity index (χ0v) is 64.5. The summed E-state index contributed by atoms with van der Waals surface area (Å²) in [7, 11) is 0. The number of benzene rings is 9. The van der Waals surface area contributed by atoms with Gasteiger partial charge in [-0.15, -0.1) is 0 Å². The molecule has 604 valence electrons. The molecule has 23 nitrogen and oxygen atoms in total. The fourth-order valence-corrected chi connectivity index (χ4v) is 14.7. The van der Waals surface area contributed by atoms with Gasteiger partial charge in [-0.1, -0.05) is 237 Å². The number of esters is 3. The molecule has 9 aromatic carbocycles. The van der Waals surface area contributed by atoms with E-state index in [1.807, 2.05) is 203 Å². The first-order chi connectivity index (χ1) is 56.3. The maximum Gasteiger partial charge on any atom is 0.338 e. The Hall–Kier alpha value is -9.29. The fourth-order valence-electron chi connectivity index (χ4n) is 14.7. The number of fused-ring (bicyclic) bond motifs is 1. The average Bonchev–Trinajstić information content (AvgIpc) is 1.52. The summed E-state index contributed by atoms with van der Waals surface area (Å²) < 4.78 is 133. The Kier molecular flexibility index (Phi) is 29.0.